The standard InChI is InChI=1S/C21H24ClN5/c1-15-11-19(22)4-3-17(15)14-27-9-6-16(7-10-27)21-23-8-5-20(25-21)18-12-24-26(2)13-18/h3-5,8,11-13,16H,6-7,9-10,14H2,1-2H3. The summed E-state index contributed by atoms with van der Waals surface area (Å²) in [6.45, 7) is 5.23. The minimum atomic E-state index is 0.421. The Bertz CT molecular complexity index is 928. The molecule has 1 aliphatic heterocycles. The molecule has 140 valence electrons. The quantitative estimate of drug-likeness (QED) is 0.678. The first-order chi connectivity index (χ1) is 13.1. The Labute approximate surface area is 165 Å². The average molecular weight is 382 g/mol. The van der Waals surface area contributed by atoms with Gasteiger partial charge in [0.1, 0.15) is 5.82 Å². The predicted octanol–water partition coefficient (Wildman–Crippen LogP) is 4.22. The Morgan fingerprint density at radius 2 is 2.00 bits per heavy atom. The van der Waals surface area contributed by atoms with E-state index < -0.39 is 0 Å². The van der Waals surface area contributed by atoms with Gasteiger partial charge in [0.05, 0.1) is 11.9 Å². The largest absolute Gasteiger partial charge is 0.299 e. The predicted molar refractivity (Wildman–Crippen MR) is 108 cm³/mol. The SMILES string of the molecule is Cc1cc(Cl)ccc1CN1CCC(c2nccc(-c3cnn(C)c3)n2)CC1. The molecule has 6 heteroatoms. The summed E-state index contributed by atoms with van der Waals surface area (Å²) in [5.41, 5.74) is 4.61. The van der Waals surface area contributed by atoms with Gasteiger partial charge in [-0.2, -0.15) is 5.10 Å². The lowest BCUT2D eigenvalue weighted by Crippen LogP contribution is -2.33. The summed E-state index contributed by atoms with van der Waals surface area (Å²) in [6, 6.07) is 8.12. The lowest BCUT2D eigenvalue weighted by molar-refractivity contribution is 0.201. The van der Waals surface area contributed by atoms with Crippen molar-refractivity contribution in [3.05, 3.63) is 64.8 Å². The number of aromatic nitrogens is 4. The molecule has 2 aromatic heterocycles. The normalized spacial score (nSPS) is 16.0. The zero-order chi connectivity index (χ0) is 18.8. The van der Waals surface area contributed by atoms with Crippen LogP contribution in [0.5, 0.6) is 0 Å². The van der Waals surface area contributed by atoms with Gasteiger partial charge >= 0.3 is 0 Å². The van der Waals surface area contributed by atoms with Gasteiger partial charge in [-0.05, 0) is 62.2 Å². The van der Waals surface area contributed by atoms with Gasteiger partial charge in [0.2, 0.25) is 0 Å². The van der Waals surface area contributed by atoms with Crippen LogP contribution in [0.15, 0.2) is 42.9 Å². The van der Waals surface area contributed by atoms with Crippen LogP contribution in [0.4, 0.5) is 0 Å². The molecule has 3 heterocycles. The molecule has 1 aliphatic rings. The summed E-state index contributed by atoms with van der Waals surface area (Å²) in [4.78, 5) is 11.9. The zero-order valence-corrected chi connectivity index (χ0v) is 16.5. The third kappa shape index (κ3) is 4.20. The molecule has 3 aromatic rings. The number of nitrogens with zero attached hydrogens (tertiary/aromatic N) is 5. The summed E-state index contributed by atoms with van der Waals surface area (Å²) >= 11 is 6.07. The maximum atomic E-state index is 6.07. The molecule has 0 unspecified atom stereocenters. The Balaban J connectivity index is 1.40. The first-order valence-corrected chi connectivity index (χ1v) is 9.75. The van der Waals surface area contributed by atoms with Crippen LogP contribution in [0.3, 0.4) is 0 Å². The van der Waals surface area contributed by atoms with Crippen molar-refractivity contribution < 1.29 is 0 Å². The molecule has 0 bridgehead atoms. The number of hydrogen-bond donors (Lipinski definition) is 0. The fourth-order valence-corrected chi connectivity index (χ4v) is 3.94. The second kappa shape index (κ2) is 7.79. The van der Waals surface area contributed by atoms with E-state index in [9.17, 15) is 0 Å². The van der Waals surface area contributed by atoms with Gasteiger partial charge in [0, 0.05) is 42.5 Å². The highest BCUT2D eigenvalue weighted by Crippen LogP contribution is 2.28. The van der Waals surface area contributed by atoms with E-state index in [2.05, 4.69) is 28.0 Å². The van der Waals surface area contributed by atoms with Crippen molar-refractivity contribution >= 4 is 11.6 Å². The summed E-state index contributed by atoms with van der Waals surface area (Å²) < 4.78 is 1.80. The monoisotopic (exact) mass is 381 g/mol. The van der Waals surface area contributed by atoms with Crippen molar-refractivity contribution in [3.63, 3.8) is 0 Å². The van der Waals surface area contributed by atoms with Gasteiger partial charge in [-0.25, -0.2) is 9.97 Å². The number of piperidine rings is 1. The maximum absolute atomic E-state index is 6.07. The van der Waals surface area contributed by atoms with E-state index in [1.54, 1.807) is 4.68 Å². The van der Waals surface area contributed by atoms with E-state index >= 15 is 0 Å². The fraction of sp³-hybridized carbons (Fsp3) is 0.381. The van der Waals surface area contributed by atoms with Crippen molar-refractivity contribution in [2.24, 2.45) is 7.05 Å². The smallest absolute Gasteiger partial charge is 0.132 e. The van der Waals surface area contributed by atoms with Crippen LogP contribution in [0.1, 0.15) is 35.7 Å². The first kappa shape index (κ1) is 18.1. The fourth-order valence-electron chi connectivity index (χ4n) is 3.71. The molecule has 0 aliphatic carbocycles. The third-order valence-electron chi connectivity index (χ3n) is 5.33. The van der Waals surface area contributed by atoms with Crippen LogP contribution in [-0.4, -0.2) is 37.7 Å². The van der Waals surface area contributed by atoms with Crippen molar-refractivity contribution in [1.82, 2.24) is 24.6 Å². The lowest BCUT2D eigenvalue weighted by atomic mass is 9.95. The van der Waals surface area contributed by atoms with Crippen LogP contribution >= 0.6 is 11.6 Å². The molecule has 27 heavy (non-hydrogen) atoms. The average Bonchev–Trinajstić information content (AvgIpc) is 3.11. The van der Waals surface area contributed by atoms with Crippen molar-refractivity contribution in [2.45, 2.75) is 32.2 Å². The van der Waals surface area contributed by atoms with Crippen LogP contribution in [0, 0.1) is 6.92 Å². The van der Waals surface area contributed by atoms with Crippen molar-refractivity contribution in [2.75, 3.05) is 13.1 Å². The van der Waals surface area contributed by atoms with Crippen LogP contribution in [-0.2, 0) is 13.6 Å². The van der Waals surface area contributed by atoms with E-state index in [1.165, 1.54) is 11.1 Å². The molecule has 1 fully saturated rings. The molecule has 5 nitrogen and oxygen atoms in total. The summed E-state index contributed by atoms with van der Waals surface area (Å²) in [7, 11) is 1.92. The van der Waals surface area contributed by atoms with Gasteiger partial charge in [0.15, 0.2) is 0 Å². The molecule has 0 radical (unpaired) electrons. The van der Waals surface area contributed by atoms with Crippen molar-refractivity contribution in [1.29, 1.82) is 0 Å². The molecule has 4 rings (SSSR count). The van der Waals surface area contributed by atoms with Gasteiger partial charge in [-0.15, -0.1) is 0 Å². The molecular weight excluding hydrogens is 358 g/mol. The molecule has 0 saturated carbocycles. The number of halogens is 1. The molecule has 0 spiro atoms. The molecule has 1 aromatic carbocycles. The Morgan fingerprint density at radius 1 is 1.19 bits per heavy atom. The molecular formula is C21H24ClN5. The Hall–Kier alpha value is -2.24. The second-order valence-corrected chi connectivity index (χ2v) is 7.76. The van der Waals surface area contributed by atoms with Crippen LogP contribution in [0.25, 0.3) is 11.3 Å². The highest BCUT2D eigenvalue weighted by molar-refractivity contribution is 6.30. The summed E-state index contributed by atoms with van der Waals surface area (Å²) in [5.74, 6) is 1.38. The van der Waals surface area contributed by atoms with Gasteiger partial charge in [0.25, 0.3) is 0 Å². The molecule has 1 saturated heterocycles. The Kier molecular flexibility index (Phi) is 5.23. The minimum Gasteiger partial charge on any atom is -0.299 e. The molecule has 0 atom stereocenters. The summed E-state index contributed by atoms with van der Waals surface area (Å²) in [5, 5.41) is 5.04. The van der Waals surface area contributed by atoms with E-state index in [-0.39, 0.29) is 0 Å². The Morgan fingerprint density at radius 3 is 2.70 bits per heavy atom. The van der Waals surface area contributed by atoms with Crippen LogP contribution in [0.2, 0.25) is 5.02 Å². The number of hydrogen-bond acceptors (Lipinski definition) is 4. The van der Waals surface area contributed by atoms with E-state index in [0.29, 0.717) is 5.92 Å². The maximum Gasteiger partial charge on any atom is 0.132 e. The highest BCUT2D eigenvalue weighted by atomic mass is 35.5. The van der Waals surface area contributed by atoms with E-state index in [0.717, 1.165) is 54.6 Å². The first-order valence-electron chi connectivity index (χ1n) is 9.38. The number of aryl methyl sites for hydroxylation is 2. The van der Waals surface area contributed by atoms with Gasteiger partial charge in [-0.3, -0.25) is 9.58 Å². The van der Waals surface area contributed by atoms with Gasteiger partial charge < -0.3 is 0 Å². The lowest BCUT2D eigenvalue weighted by Gasteiger charge is -2.31. The minimum absolute atomic E-state index is 0.421. The van der Waals surface area contributed by atoms with E-state index in [4.69, 9.17) is 16.6 Å². The van der Waals surface area contributed by atoms with E-state index in [1.807, 2.05) is 43.8 Å². The molecule has 0 N–H and O–H groups in total. The number of benzene rings is 1. The summed E-state index contributed by atoms with van der Waals surface area (Å²) in [6.07, 6.45) is 7.88. The topological polar surface area (TPSA) is 46.8 Å². The highest BCUT2D eigenvalue weighted by Gasteiger charge is 2.23. The third-order valence-corrected chi connectivity index (χ3v) is 5.56. The number of likely N-dealkylation sites (tertiary alicyclic amines) is 1. The van der Waals surface area contributed by atoms with Crippen molar-refractivity contribution in [3.8, 4) is 11.3 Å². The second-order valence-electron chi connectivity index (χ2n) is 7.32. The zero-order valence-electron chi connectivity index (χ0n) is 15.8. The molecule has 0 amide bonds. The van der Waals surface area contributed by atoms with Crippen LogP contribution < -0.4 is 0 Å². The van der Waals surface area contributed by atoms with Gasteiger partial charge in [-0.1, -0.05) is 17.7 Å². The number of rotatable bonds is 4.